The van der Waals surface area contributed by atoms with Crippen molar-refractivity contribution in [3.8, 4) is 11.5 Å². The molecule has 28 heavy (non-hydrogen) atoms. The molecule has 3 heterocycles. The van der Waals surface area contributed by atoms with Crippen molar-refractivity contribution in [2.24, 2.45) is 0 Å². The summed E-state index contributed by atoms with van der Waals surface area (Å²) >= 11 is 0. The zero-order chi connectivity index (χ0) is 19.6. The van der Waals surface area contributed by atoms with Gasteiger partial charge in [-0.3, -0.25) is 4.79 Å². The van der Waals surface area contributed by atoms with Crippen LogP contribution >= 0.6 is 0 Å². The van der Waals surface area contributed by atoms with E-state index in [0.29, 0.717) is 30.2 Å². The van der Waals surface area contributed by atoms with Gasteiger partial charge in [-0.2, -0.15) is 0 Å². The van der Waals surface area contributed by atoms with E-state index in [1.165, 1.54) is 0 Å². The third kappa shape index (κ3) is 2.50. The molecular formula is C21H25NO6. The molecule has 0 bridgehead atoms. The molecule has 0 unspecified atom stereocenters. The summed E-state index contributed by atoms with van der Waals surface area (Å²) in [6, 6.07) is 3.47. The number of nitrogens with zero attached hydrogens (tertiary/aromatic N) is 1. The zero-order valence-corrected chi connectivity index (χ0v) is 16.6. The fraction of sp³-hybridized carbons (Fsp3) is 0.571. The molecule has 4 atom stereocenters. The molecule has 0 radical (unpaired) electrons. The number of ether oxygens (including phenoxy) is 5. The third-order valence-electron chi connectivity index (χ3n) is 5.81. The monoisotopic (exact) mass is 387 g/mol. The minimum atomic E-state index is -0.731. The van der Waals surface area contributed by atoms with Crippen molar-refractivity contribution in [1.29, 1.82) is 0 Å². The van der Waals surface area contributed by atoms with Crippen molar-refractivity contribution < 1.29 is 28.5 Å². The normalized spacial score (nSPS) is 31.9. The summed E-state index contributed by atoms with van der Waals surface area (Å²) in [7, 11) is 0. The van der Waals surface area contributed by atoms with E-state index in [-0.39, 0.29) is 37.1 Å². The molecule has 1 aromatic rings. The molecule has 7 heteroatoms. The number of carbonyl (C=O) groups is 1. The van der Waals surface area contributed by atoms with E-state index in [2.05, 4.69) is 6.08 Å². The van der Waals surface area contributed by atoms with Crippen LogP contribution in [0.25, 0.3) is 5.57 Å². The van der Waals surface area contributed by atoms with Crippen LogP contribution in [0.5, 0.6) is 11.5 Å². The Morgan fingerprint density at radius 1 is 1.11 bits per heavy atom. The Morgan fingerprint density at radius 2 is 1.79 bits per heavy atom. The largest absolute Gasteiger partial charge is 0.454 e. The molecule has 1 fully saturated rings. The molecule has 5 rings (SSSR count). The Bertz CT molecular complexity index is 863. The fourth-order valence-corrected chi connectivity index (χ4v) is 4.77. The van der Waals surface area contributed by atoms with Crippen molar-refractivity contribution in [3.63, 3.8) is 0 Å². The van der Waals surface area contributed by atoms with Gasteiger partial charge in [0, 0.05) is 13.2 Å². The molecule has 1 saturated heterocycles. The maximum absolute atomic E-state index is 13.3. The van der Waals surface area contributed by atoms with Gasteiger partial charge in [-0.1, -0.05) is 0 Å². The van der Waals surface area contributed by atoms with Crippen LogP contribution in [0.2, 0.25) is 0 Å². The minimum absolute atomic E-state index is 0.0279. The van der Waals surface area contributed by atoms with E-state index in [0.717, 1.165) is 11.1 Å². The second-order valence-electron chi connectivity index (χ2n) is 7.89. The van der Waals surface area contributed by atoms with E-state index < -0.39 is 5.79 Å². The average Bonchev–Trinajstić information content (AvgIpc) is 3.24. The number of benzene rings is 1. The number of carbonyl (C=O) groups excluding carboxylic acids is 1. The van der Waals surface area contributed by atoms with E-state index in [1.54, 1.807) is 6.07 Å². The van der Waals surface area contributed by atoms with E-state index in [4.69, 9.17) is 23.7 Å². The van der Waals surface area contributed by atoms with Crippen molar-refractivity contribution >= 4 is 11.5 Å². The van der Waals surface area contributed by atoms with Crippen molar-refractivity contribution in [3.05, 3.63) is 29.3 Å². The standard InChI is InChI=1S/C21H25NO6/c1-5-22-17-12(8-16(24-6-2)18-19(17)28-21(3,4)27-18)11-7-14-15(26-10-25-14)9-13(11)20(22)23/h7-9,16-19H,5-6,10H2,1-4H3/t16-,17+,18+,19-/m0/s1. The number of amides is 1. The highest BCUT2D eigenvalue weighted by molar-refractivity contribution is 6.05. The van der Waals surface area contributed by atoms with Crippen LogP contribution in [-0.2, 0) is 14.2 Å². The van der Waals surface area contributed by atoms with E-state index in [9.17, 15) is 4.79 Å². The van der Waals surface area contributed by atoms with Gasteiger partial charge in [0.15, 0.2) is 17.3 Å². The molecule has 0 N–H and O–H groups in total. The average molecular weight is 387 g/mol. The van der Waals surface area contributed by atoms with Crippen LogP contribution in [0.3, 0.4) is 0 Å². The Kier molecular flexibility index (Phi) is 3.98. The summed E-state index contributed by atoms with van der Waals surface area (Å²) in [6.45, 7) is 9.07. The molecule has 4 aliphatic rings. The van der Waals surface area contributed by atoms with Gasteiger partial charge < -0.3 is 28.6 Å². The third-order valence-corrected chi connectivity index (χ3v) is 5.81. The molecular weight excluding hydrogens is 362 g/mol. The number of rotatable bonds is 3. The number of hydrogen-bond donors (Lipinski definition) is 0. The molecule has 0 aromatic heterocycles. The first-order valence-corrected chi connectivity index (χ1v) is 9.87. The van der Waals surface area contributed by atoms with E-state index >= 15 is 0 Å². The molecule has 3 aliphatic heterocycles. The maximum Gasteiger partial charge on any atom is 0.255 e. The molecule has 1 aliphatic carbocycles. The summed E-state index contributed by atoms with van der Waals surface area (Å²) in [6.07, 6.45) is 1.29. The highest BCUT2D eigenvalue weighted by Crippen LogP contribution is 2.48. The molecule has 0 saturated carbocycles. The van der Waals surface area contributed by atoms with Gasteiger partial charge in [0.05, 0.1) is 11.6 Å². The van der Waals surface area contributed by atoms with Gasteiger partial charge >= 0.3 is 0 Å². The van der Waals surface area contributed by atoms with E-state index in [1.807, 2.05) is 38.7 Å². The van der Waals surface area contributed by atoms with Crippen LogP contribution in [-0.4, -0.2) is 60.9 Å². The summed E-state index contributed by atoms with van der Waals surface area (Å²) < 4.78 is 29.5. The highest BCUT2D eigenvalue weighted by Gasteiger charge is 2.56. The van der Waals surface area contributed by atoms with Gasteiger partial charge in [-0.05, 0) is 57.0 Å². The zero-order valence-electron chi connectivity index (χ0n) is 16.6. The van der Waals surface area contributed by atoms with Gasteiger partial charge in [0.25, 0.3) is 5.91 Å². The Morgan fingerprint density at radius 3 is 2.46 bits per heavy atom. The van der Waals surface area contributed by atoms with Crippen LogP contribution in [0.1, 0.15) is 43.6 Å². The predicted octanol–water partition coefficient (Wildman–Crippen LogP) is 2.58. The second-order valence-corrected chi connectivity index (χ2v) is 7.89. The van der Waals surface area contributed by atoms with Gasteiger partial charge in [0.2, 0.25) is 6.79 Å². The molecule has 150 valence electrons. The summed E-state index contributed by atoms with van der Waals surface area (Å²) in [4.78, 5) is 15.2. The fourth-order valence-electron chi connectivity index (χ4n) is 4.77. The Hall–Kier alpha value is -2.09. The van der Waals surface area contributed by atoms with Gasteiger partial charge in [-0.15, -0.1) is 0 Å². The predicted molar refractivity (Wildman–Crippen MR) is 100 cm³/mol. The smallest absolute Gasteiger partial charge is 0.255 e. The number of hydrogen-bond acceptors (Lipinski definition) is 6. The van der Waals surface area contributed by atoms with Crippen LogP contribution < -0.4 is 9.47 Å². The lowest BCUT2D eigenvalue weighted by atomic mass is 9.78. The molecule has 7 nitrogen and oxygen atoms in total. The lowest BCUT2D eigenvalue weighted by molar-refractivity contribution is -0.156. The first-order valence-electron chi connectivity index (χ1n) is 9.87. The highest BCUT2D eigenvalue weighted by atomic mass is 16.8. The lowest BCUT2D eigenvalue weighted by Crippen LogP contribution is -2.58. The topological polar surface area (TPSA) is 66.5 Å². The molecule has 0 spiro atoms. The van der Waals surface area contributed by atoms with Crippen molar-refractivity contribution in [1.82, 2.24) is 4.90 Å². The first-order chi connectivity index (χ1) is 13.4. The first kappa shape index (κ1) is 18.0. The summed E-state index contributed by atoms with van der Waals surface area (Å²) in [5.74, 6) is 0.514. The summed E-state index contributed by atoms with van der Waals surface area (Å²) in [5, 5.41) is 0. The summed E-state index contributed by atoms with van der Waals surface area (Å²) in [5.41, 5.74) is 2.51. The second kappa shape index (κ2) is 6.20. The van der Waals surface area contributed by atoms with Crippen LogP contribution in [0.4, 0.5) is 0 Å². The minimum Gasteiger partial charge on any atom is -0.454 e. The Balaban J connectivity index is 1.69. The Labute approximate surface area is 164 Å². The van der Waals surface area contributed by atoms with Crippen molar-refractivity contribution in [2.75, 3.05) is 19.9 Å². The SMILES string of the molecule is CCO[C@H]1C=C2c3cc4c(cc3C(=O)N(CC)[C@H]2[C@@H]2OC(C)(C)O[C@@H]21)OCO4. The van der Waals surface area contributed by atoms with Crippen LogP contribution in [0.15, 0.2) is 18.2 Å². The molecule has 1 aromatic carbocycles. The van der Waals surface area contributed by atoms with Crippen molar-refractivity contribution in [2.45, 2.75) is 57.8 Å². The molecule has 1 amide bonds. The number of likely N-dealkylation sites (N-methyl/N-ethyl adjacent to an activating group) is 1. The van der Waals surface area contributed by atoms with Gasteiger partial charge in [0.1, 0.15) is 18.3 Å². The van der Waals surface area contributed by atoms with Gasteiger partial charge in [-0.25, -0.2) is 0 Å². The quantitative estimate of drug-likeness (QED) is 0.794. The lowest BCUT2D eigenvalue weighted by Gasteiger charge is -2.45. The number of fused-ring (bicyclic) bond motifs is 6. The van der Waals surface area contributed by atoms with Crippen LogP contribution in [0, 0.1) is 0 Å². The maximum atomic E-state index is 13.3.